The lowest BCUT2D eigenvalue weighted by Gasteiger charge is -2.48. The predicted octanol–water partition coefficient (Wildman–Crippen LogP) is 6.46. The van der Waals surface area contributed by atoms with Crippen LogP contribution in [-0.2, 0) is 21.1 Å². The maximum Gasteiger partial charge on any atom is 0.410 e. The number of aryl methyl sites for hydroxylation is 1. The quantitative estimate of drug-likeness (QED) is 0.0748. The van der Waals surface area contributed by atoms with Crippen LogP contribution < -0.4 is 15.0 Å². The van der Waals surface area contributed by atoms with Crippen molar-refractivity contribution >= 4 is 51.8 Å². The molecule has 3 fully saturated rings. The Morgan fingerprint density at radius 2 is 1.60 bits per heavy atom. The van der Waals surface area contributed by atoms with Crippen molar-refractivity contribution in [2.24, 2.45) is 9.98 Å². The van der Waals surface area contributed by atoms with Crippen LogP contribution in [0.25, 0.3) is 0 Å². The van der Waals surface area contributed by atoms with Crippen molar-refractivity contribution in [3.63, 3.8) is 0 Å². The van der Waals surface area contributed by atoms with Crippen LogP contribution in [0.15, 0.2) is 69.7 Å². The summed E-state index contributed by atoms with van der Waals surface area (Å²) < 4.78 is 39.0. The standard InChI is InChI=1S/C53H77N13O6S/c1-36-31-64(25-24-63(36)34-42-35-66(51(68)72-52(5,6)7)37(2)32-65(42)33-40-17-14-13-15-18-40)50-56-29-41(30-57-50)49(67)62-22-20-61(21-23-62)19-16-26-71-45-28-44(54-11)43(27-46(45)73(69,70)53(8,9)10)48(55-12)58-47-38(3)39(4)59-60-47/h13-15,17-18,27-30,36-37,42H,11,16,19-26,31-35H2,1-10,12H3,(H2,55,58,59,60)/t36-,37-,42+/m1/s1. The number of amides is 2. The Balaban J connectivity index is 0.904. The molecule has 3 aliphatic heterocycles. The van der Waals surface area contributed by atoms with Gasteiger partial charge in [-0.2, -0.15) is 5.10 Å². The van der Waals surface area contributed by atoms with Crippen molar-refractivity contribution in [2.45, 2.75) is 116 Å². The summed E-state index contributed by atoms with van der Waals surface area (Å²) in [5.74, 6) is 1.67. The minimum atomic E-state index is -3.87. The zero-order chi connectivity index (χ0) is 52.8. The van der Waals surface area contributed by atoms with Crippen LogP contribution in [0.5, 0.6) is 5.75 Å². The van der Waals surface area contributed by atoms with E-state index in [1.54, 1.807) is 52.3 Å². The second kappa shape index (κ2) is 23.1. The Labute approximate surface area is 432 Å². The van der Waals surface area contributed by atoms with Crippen LogP contribution in [0.3, 0.4) is 0 Å². The highest BCUT2D eigenvalue weighted by Gasteiger charge is 2.39. The summed E-state index contributed by atoms with van der Waals surface area (Å²) in [5.41, 5.74) is 3.81. The largest absolute Gasteiger partial charge is 0.492 e. The number of aromatic nitrogens is 4. The maximum atomic E-state index is 14.0. The van der Waals surface area contributed by atoms with E-state index in [1.807, 2.05) is 50.5 Å². The van der Waals surface area contributed by atoms with Crippen LogP contribution >= 0.6 is 0 Å². The molecule has 20 heteroatoms. The molecule has 2 N–H and O–H groups in total. The minimum absolute atomic E-state index is 0.0155. The molecule has 0 aliphatic carbocycles. The van der Waals surface area contributed by atoms with Gasteiger partial charge in [-0.1, -0.05) is 30.3 Å². The van der Waals surface area contributed by atoms with Gasteiger partial charge in [0.15, 0.2) is 15.7 Å². The van der Waals surface area contributed by atoms with Crippen LogP contribution in [0, 0.1) is 13.8 Å². The summed E-state index contributed by atoms with van der Waals surface area (Å²) in [6, 6.07) is 14.0. The van der Waals surface area contributed by atoms with E-state index in [0.717, 1.165) is 50.5 Å². The average molecular weight is 1020 g/mol. The van der Waals surface area contributed by atoms with E-state index in [1.165, 1.54) is 5.56 Å². The fraction of sp³-hybridized carbons (Fsp3) is 0.566. The summed E-state index contributed by atoms with van der Waals surface area (Å²) in [4.78, 5) is 58.4. The van der Waals surface area contributed by atoms with Gasteiger partial charge in [-0.15, -0.1) is 0 Å². The van der Waals surface area contributed by atoms with Gasteiger partial charge in [0.2, 0.25) is 5.95 Å². The van der Waals surface area contributed by atoms with Crippen molar-refractivity contribution in [3.05, 3.63) is 82.8 Å². The van der Waals surface area contributed by atoms with Gasteiger partial charge in [0.25, 0.3) is 5.91 Å². The fourth-order valence-corrected chi connectivity index (χ4v) is 10.8. The number of nitrogens with one attached hydrogen (secondary N) is 2. The molecule has 73 heavy (non-hydrogen) atoms. The topological polar surface area (TPSA) is 197 Å². The molecule has 0 saturated carbocycles. The van der Waals surface area contributed by atoms with E-state index in [4.69, 9.17) is 19.4 Å². The highest BCUT2D eigenvalue weighted by molar-refractivity contribution is 7.92. The smallest absolute Gasteiger partial charge is 0.410 e. The van der Waals surface area contributed by atoms with E-state index in [9.17, 15) is 18.0 Å². The van der Waals surface area contributed by atoms with Crippen molar-refractivity contribution in [3.8, 4) is 5.75 Å². The van der Waals surface area contributed by atoms with Gasteiger partial charge in [0, 0.05) is 139 Å². The molecule has 5 heterocycles. The number of sulfone groups is 1. The molecule has 0 spiro atoms. The lowest BCUT2D eigenvalue weighted by atomic mass is 10.0. The number of aromatic amines is 1. The van der Waals surface area contributed by atoms with E-state index >= 15 is 0 Å². The number of H-pyrrole nitrogens is 1. The zero-order valence-electron chi connectivity index (χ0n) is 44.8. The number of carbonyl (C=O) groups excluding carboxylic acids is 2. The monoisotopic (exact) mass is 1020 g/mol. The average Bonchev–Trinajstić information content (AvgIpc) is 3.67. The number of hydrogen-bond donors (Lipinski definition) is 2. The fourth-order valence-electron chi connectivity index (χ4n) is 9.50. The molecule has 3 atom stereocenters. The number of hydrogen-bond acceptors (Lipinski definition) is 15. The highest BCUT2D eigenvalue weighted by Crippen LogP contribution is 2.38. The minimum Gasteiger partial charge on any atom is -0.492 e. The van der Waals surface area contributed by atoms with E-state index in [2.05, 4.69) is 89.9 Å². The SMILES string of the molecule is C=Nc1cc(OCCCN2CCN(C(=O)c3cnc(N4CCN(C[C@H]5CN(C(=O)OC(C)(C)C)[C@H](C)CN5Cc5ccccc5)[C@H](C)C4)nc3)CC2)c(S(=O)(=O)C(C)(C)C)cc1C(=NC)Nc1n[nH]c(C)c1C. The number of amidine groups is 1. The number of rotatable bonds is 15. The molecule has 2 aromatic heterocycles. The number of ether oxygens (including phenoxy) is 2. The Kier molecular flexibility index (Phi) is 17.3. The summed E-state index contributed by atoms with van der Waals surface area (Å²) in [7, 11) is -2.26. The Bertz CT molecular complexity index is 2690. The van der Waals surface area contributed by atoms with Gasteiger partial charge in [0.1, 0.15) is 22.1 Å². The molecule has 0 bridgehead atoms. The molecule has 2 aromatic carbocycles. The van der Waals surface area contributed by atoms with Crippen LogP contribution in [0.1, 0.15) is 94.6 Å². The van der Waals surface area contributed by atoms with Gasteiger partial charge in [-0.05, 0) is 94.0 Å². The van der Waals surface area contributed by atoms with Crippen LogP contribution in [0.4, 0.5) is 22.2 Å². The van der Waals surface area contributed by atoms with Gasteiger partial charge in [0.05, 0.1) is 22.6 Å². The van der Waals surface area contributed by atoms with Gasteiger partial charge < -0.3 is 29.5 Å². The summed E-state index contributed by atoms with van der Waals surface area (Å²) in [5, 5.41) is 10.5. The molecule has 7 rings (SSSR count). The maximum absolute atomic E-state index is 14.0. The Morgan fingerprint density at radius 1 is 0.904 bits per heavy atom. The van der Waals surface area contributed by atoms with Crippen LogP contribution in [0.2, 0.25) is 0 Å². The third-order valence-corrected chi connectivity index (χ3v) is 16.5. The molecule has 3 saturated heterocycles. The molecule has 3 aliphatic rings. The number of piperazine rings is 3. The normalized spacial score (nSPS) is 20.0. The molecule has 2 amide bonds. The number of carbonyl (C=O) groups is 2. The second-order valence-electron chi connectivity index (χ2n) is 21.6. The first-order valence-corrected chi connectivity index (χ1v) is 26.9. The third-order valence-electron chi connectivity index (χ3n) is 14.0. The second-order valence-corrected chi connectivity index (χ2v) is 24.2. The molecule has 0 radical (unpaired) electrons. The van der Waals surface area contributed by atoms with Gasteiger partial charge >= 0.3 is 6.09 Å². The number of anilines is 2. The van der Waals surface area contributed by atoms with Crippen LogP contribution in [-0.4, -0.2) is 192 Å². The lowest BCUT2D eigenvalue weighted by molar-refractivity contribution is -0.0227. The first-order chi connectivity index (χ1) is 34.6. The van der Waals surface area contributed by atoms with Gasteiger partial charge in [-0.25, -0.2) is 23.2 Å². The zero-order valence-corrected chi connectivity index (χ0v) is 45.6. The number of aliphatic imine (C=N–C) groups is 2. The van der Waals surface area contributed by atoms with Crippen molar-refractivity contribution < 1.29 is 27.5 Å². The Morgan fingerprint density at radius 3 is 2.21 bits per heavy atom. The molecule has 19 nitrogen and oxygen atoms in total. The molecule has 396 valence electrons. The van der Waals surface area contributed by atoms with Crippen molar-refractivity contribution in [1.82, 2.24) is 44.7 Å². The summed E-state index contributed by atoms with van der Waals surface area (Å²) >= 11 is 0. The predicted molar refractivity (Wildman–Crippen MR) is 288 cm³/mol. The van der Waals surface area contributed by atoms with Gasteiger partial charge in [-0.3, -0.25) is 34.6 Å². The lowest BCUT2D eigenvalue weighted by Crippen LogP contribution is -2.63. The van der Waals surface area contributed by atoms with Crippen molar-refractivity contribution in [2.75, 3.05) is 95.9 Å². The third kappa shape index (κ3) is 13.2. The van der Waals surface area contributed by atoms with E-state index < -0.39 is 20.2 Å². The Hall–Kier alpha value is -5.96. The van der Waals surface area contributed by atoms with Crippen molar-refractivity contribution in [1.29, 1.82) is 0 Å². The first-order valence-electron chi connectivity index (χ1n) is 25.4. The number of nitrogens with zero attached hydrogens (tertiary/aromatic N) is 11. The first kappa shape index (κ1) is 54.8. The van der Waals surface area contributed by atoms with E-state index in [-0.39, 0.29) is 47.4 Å². The molecule has 4 aromatic rings. The number of benzene rings is 2. The molecular formula is C53H77N13O6S. The van der Waals surface area contributed by atoms with E-state index in [0.29, 0.717) is 80.1 Å². The summed E-state index contributed by atoms with van der Waals surface area (Å²) in [6.45, 7) is 31.3. The molecular weight excluding hydrogens is 947 g/mol. The highest BCUT2D eigenvalue weighted by atomic mass is 32.2. The summed E-state index contributed by atoms with van der Waals surface area (Å²) in [6.07, 6.45) is 3.65. The molecule has 0 unspecified atom stereocenters.